The number of aromatic hydroxyl groups is 1. The summed E-state index contributed by atoms with van der Waals surface area (Å²) in [6, 6.07) is 8.10. The second kappa shape index (κ2) is 10.9. The van der Waals surface area contributed by atoms with Crippen molar-refractivity contribution in [2.75, 3.05) is 31.1 Å². The molecule has 1 saturated heterocycles. The molecule has 1 fully saturated rings. The highest BCUT2D eigenvalue weighted by molar-refractivity contribution is 6.39. The molecule has 11 nitrogen and oxygen atoms in total. The summed E-state index contributed by atoms with van der Waals surface area (Å²) in [6.07, 6.45) is 5.68. The zero-order valence-electron chi connectivity index (χ0n) is 20.3. The Kier molecular flexibility index (Phi) is 7.47. The number of piperazine rings is 1. The van der Waals surface area contributed by atoms with Crippen molar-refractivity contribution in [2.24, 2.45) is 21.5 Å². The summed E-state index contributed by atoms with van der Waals surface area (Å²) in [5, 5.41) is 10.8. The van der Waals surface area contributed by atoms with Crippen molar-refractivity contribution < 1.29 is 14.3 Å². The van der Waals surface area contributed by atoms with E-state index in [2.05, 4.69) is 20.0 Å². The predicted octanol–water partition coefficient (Wildman–Crippen LogP) is 2.54. The SMILES string of the molecule is CC[C@@H](N=C(N)C(N)=Nc1cccc(C(=O)N2CCN(c3ncccn3)CC2)c1O)c1cc(C)co1. The third kappa shape index (κ3) is 5.45. The number of aryl methyl sites for hydroxylation is 1. The molecular weight excluding hydrogens is 460 g/mol. The van der Waals surface area contributed by atoms with E-state index in [9.17, 15) is 9.90 Å². The van der Waals surface area contributed by atoms with Crippen LogP contribution in [0.4, 0.5) is 11.6 Å². The van der Waals surface area contributed by atoms with Gasteiger partial charge in [-0.25, -0.2) is 15.0 Å². The highest BCUT2D eigenvalue weighted by Crippen LogP contribution is 2.31. The zero-order chi connectivity index (χ0) is 25.7. The smallest absolute Gasteiger partial charge is 0.257 e. The van der Waals surface area contributed by atoms with E-state index < -0.39 is 0 Å². The van der Waals surface area contributed by atoms with E-state index in [4.69, 9.17) is 15.9 Å². The van der Waals surface area contributed by atoms with Gasteiger partial charge in [0.05, 0.1) is 11.8 Å². The summed E-state index contributed by atoms with van der Waals surface area (Å²) >= 11 is 0. The number of hydrogen-bond donors (Lipinski definition) is 3. The first-order valence-corrected chi connectivity index (χ1v) is 11.7. The molecule has 0 bridgehead atoms. The molecule has 188 valence electrons. The Balaban J connectivity index is 1.48. The molecule has 0 radical (unpaired) electrons. The highest BCUT2D eigenvalue weighted by atomic mass is 16.3. The van der Waals surface area contributed by atoms with Gasteiger partial charge in [-0.3, -0.25) is 9.79 Å². The van der Waals surface area contributed by atoms with Crippen molar-refractivity contribution in [1.82, 2.24) is 14.9 Å². The number of carbonyl (C=O) groups is 1. The number of anilines is 1. The van der Waals surface area contributed by atoms with Crippen LogP contribution in [0.25, 0.3) is 0 Å². The summed E-state index contributed by atoms with van der Waals surface area (Å²) in [7, 11) is 0. The lowest BCUT2D eigenvalue weighted by molar-refractivity contribution is 0.0743. The van der Waals surface area contributed by atoms with Gasteiger partial charge in [0, 0.05) is 38.6 Å². The molecule has 1 aromatic carbocycles. The van der Waals surface area contributed by atoms with Crippen molar-refractivity contribution >= 4 is 29.2 Å². The quantitative estimate of drug-likeness (QED) is 0.351. The van der Waals surface area contributed by atoms with Gasteiger partial charge < -0.3 is 30.8 Å². The number of phenolic OH excluding ortho intramolecular Hbond substituents is 1. The number of nitrogens with zero attached hydrogens (tertiary/aromatic N) is 6. The second-order valence-corrected chi connectivity index (χ2v) is 8.46. The lowest BCUT2D eigenvalue weighted by Gasteiger charge is -2.34. The maximum Gasteiger partial charge on any atom is 0.257 e. The Morgan fingerprint density at radius 1 is 1.14 bits per heavy atom. The number of furan rings is 1. The van der Waals surface area contributed by atoms with Gasteiger partial charge >= 0.3 is 0 Å². The number of nitrogens with two attached hydrogens (primary N) is 2. The van der Waals surface area contributed by atoms with Crippen LogP contribution in [0.15, 0.2) is 63.4 Å². The number of amidine groups is 2. The fourth-order valence-corrected chi connectivity index (χ4v) is 3.93. The predicted molar refractivity (Wildman–Crippen MR) is 138 cm³/mol. The Bertz CT molecular complexity index is 1260. The summed E-state index contributed by atoms with van der Waals surface area (Å²) < 4.78 is 5.53. The number of aromatic nitrogens is 2. The van der Waals surface area contributed by atoms with E-state index in [0.29, 0.717) is 44.3 Å². The van der Waals surface area contributed by atoms with Gasteiger partial charge in [-0.15, -0.1) is 0 Å². The number of carbonyl (C=O) groups excluding carboxylic acids is 1. The second-order valence-electron chi connectivity index (χ2n) is 8.46. The molecule has 0 saturated carbocycles. The van der Waals surface area contributed by atoms with Crippen molar-refractivity contribution in [1.29, 1.82) is 0 Å². The summed E-state index contributed by atoms with van der Waals surface area (Å²) in [5.74, 6) is 0.712. The summed E-state index contributed by atoms with van der Waals surface area (Å²) in [6.45, 7) is 5.99. The Labute approximate surface area is 209 Å². The van der Waals surface area contributed by atoms with Crippen LogP contribution in [0.3, 0.4) is 0 Å². The van der Waals surface area contributed by atoms with Crippen LogP contribution in [-0.2, 0) is 0 Å². The summed E-state index contributed by atoms with van der Waals surface area (Å²) in [4.78, 5) is 34.1. The van der Waals surface area contributed by atoms with Crippen LogP contribution in [0.5, 0.6) is 5.75 Å². The molecule has 3 aromatic rings. The minimum absolute atomic E-state index is 0.0197. The fraction of sp³-hybridized carbons (Fsp3) is 0.320. The molecule has 0 unspecified atom stereocenters. The van der Waals surface area contributed by atoms with Gasteiger partial charge in [-0.2, -0.15) is 0 Å². The topological polar surface area (TPSA) is 159 Å². The van der Waals surface area contributed by atoms with Gasteiger partial charge in [0.15, 0.2) is 17.4 Å². The number of amides is 1. The first kappa shape index (κ1) is 24.7. The first-order chi connectivity index (χ1) is 17.4. The molecule has 36 heavy (non-hydrogen) atoms. The molecule has 5 N–H and O–H groups in total. The van der Waals surface area contributed by atoms with E-state index in [0.717, 1.165) is 5.56 Å². The lowest BCUT2D eigenvalue weighted by Crippen LogP contribution is -2.49. The van der Waals surface area contributed by atoms with Crippen LogP contribution in [0.2, 0.25) is 0 Å². The molecule has 1 amide bonds. The zero-order valence-corrected chi connectivity index (χ0v) is 20.3. The Morgan fingerprint density at radius 3 is 2.50 bits per heavy atom. The number of phenols is 1. The number of aliphatic imine (C=N–C) groups is 2. The van der Waals surface area contributed by atoms with E-state index in [-0.39, 0.29) is 40.6 Å². The van der Waals surface area contributed by atoms with Crippen molar-refractivity contribution in [2.45, 2.75) is 26.3 Å². The standard InChI is InChI=1S/C25H30N8O3/c1-3-18(20-14-16(2)15-36-20)30-22(26)23(27)31-19-7-4-6-17(21(19)34)24(35)32-10-12-33(13-11-32)25-28-8-5-9-29-25/h4-9,14-15,18,34H,3,10-13H2,1-2H3,(H2,26,30)(H2,27,31)/t18-/m1/s1. The Morgan fingerprint density at radius 2 is 1.86 bits per heavy atom. The van der Waals surface area contributed by atoms with Crippen LogP contribution >= 0.6 is 0 Å². The molecule has 4 rings (SSSR count). The Hall–Kier alpha value is -4.41. The molecule has 2 aromatic heterocycles. The van der Waals surface area contributed by atoms with Gasteiger partial charge in [-0.1, -0.05) is 13.0 Å². The third-order valence-electron chi connectivity index (χ3n) is 5.91. The van der Waals surface area contributed by atoms with E-state index in [1.54, 1.807) is 47.8 Å². The largest absolute Gasteiger partial charge is 0.505 e. The van der Waals surface area contributed by atoms with Crippen LogP contribution in [-0.4, -0.2) is 63.7 Å². The van der Waals surface area contributed by atoms with Crippen molar-refractivity contribution in [3.05, 3.63) is 65.9 Å². The molecule has 3 heterocycles. The minimum Gasteiger partial charge on any atom is -0.505 e. The molecule has 1 aliphatic rings. The summed E-state index contributed by atoms with van der Waals surface area (Å²) in [5.41, 5.74) is 13.4. The normalized spacial score (nSPS) is 15.7. The molecule has 1 aliphatic heterocycles. The number of benzene rings is 1. The molecule has 0 aliphatic carbocycles. The number of hydrogen-bond acceptors (Lipinski definition) is 8. The van der Waals surface area contributed by atoms with Gasteiger partial charge in [0.25, 0.3) is 5.91 Å². The monoisotopic (exact) mass is 490 g/mol. The lowest BCUT2D eigenvalue weighted by atomic mass is 10.1. The van der Waals surface area contributed by atoms with Crippen LogP contribution in [0.1, 0.15) is 41.1 Å². The van der Waals surface area contributed by atoms with E-state index in [1.165, 1.54) is 0 Å². The third-order valence-corrected chi connectivity index (χ3v) is 5.91. The highest BCUT2D eigenvalue weighted by Gasteiger charge is 2.26. The maximum absolute atomic E-state index is 13.2. The molecule has 1 atom stereocenters. The molecule has 11 heteroatoms. The van der Waals surface area contributed by atoms with Crippen molar-refractivity contribution in [3.8, 4) is 5.75 Å². The first-order valence-electron chi connectivity index (χ1n) is 11.7. The average molecular weight is 491 g/mol. The van der Waals surface area contributed by atoms with Crippen LogP contribution in [0, 0.1) is 6.92 Å². The minimum atomic E-state index is -0.311. The number of rotatable bonds is 6. The van der Waals surface area contributed by atoms with Gasteiger partial charge in [0.1, 0.15) is 17.5 Å². The molecular formula is C25H30N8O3. The van der Waals surface area contributed by atoms with Crippen LogP contribution < -0.4 is 16.4 Å². The van der Waals surface area contributed by atoms with Crippen molar-refractivity contribution in [3.63, 3.8) is 0 Å². The average Bonchev–Trinajstić information content (AvgIpc) is 3.34. The molecule has 0 spiro atoms. The fourth-order valence-electron chi connectivity index (χ4n) is 3.93. The number of para-hydroxylation sites is 1. The van der Waals surface area contributed by atoms with E-state index in [1.807, 2.05) is 24.8 Å². The van der Waals surface area contributed by atoms with Gasteiger partial charge in [-0.05, 0) is 43.2 Å². The van der Waals surface area contributed by atoms with Gasteiger partial charge in [0.2, 0.25) is 5.95 Å². The van der Waals surface area contributed by atoms with E-state index >= 15 is 0 Å². The maximum atomic E-state index is 13.2.